The Bertz CT molecular complexity index is 1530. The van der Waals surface area contributed by atoms with Crippen LogP contribution in [0.5, 0.6) is 5.75 Å². The first-order chi connectivity index (χ1) is 16.9. The van der Waals surface area contributed by atoms with Crippen molar-refractivity contribution in [2.75, 3.05) is 13.7 Å². The molecule has 3 aromatic heterocycles. The Kier molecular flexibility index (Phi) is 4.50. The van der Waals surface area contributed by atoms with E-state index in [9.17, 15) is 18.8 Å². The van der Waals surface area contributed by atoms with Crippen LogP contribution < -0.4 is 10.1 Å². The predicted octanol–water partition coefficient (Wildman–Crippen LogP) is 2.10. The number of furan rings is 1. The molecule has 1 saturated heterocycles. The number of amides is 3. The fraction of sp³-hybridized carbons (Fsp3) is 0.208. The van der Waals surface area contributed by atoms with Gasteiger partial charge in [-0.05, 0) is 29.8 Å². The quantitative estimate of drug-likeness (QED) is 0.439. The van der Waals surface area contributed by atoms with Crippen molar-refractivity contribution in [2.24, 2.45) is 0 Å². The van der Waals surface area contributed by atoms with Gasteiger partial charge in [0.15, 0.2) is 23.0 Å². The molecule has 2 aliphatic heterocycles. The molecule has 176 valence electrons. The van der Waals surface area contributed by atoms with Crippen LogP contribution in [0, 0.1) is 5.82 Å². The molecular formula is C24H18FN5O5. The van der Waals surface area contributed by atoms with Crippen molar-refractivity contribution in [3.63, 3.8) is 0 Å². The van der Waals surface area contributed by atoms with E-state index in [4.69, 9.17) is 9.15 Å². The Morgan fingerprint density at radius 2 is 2.09 bits per heavy atom. The first-order valence-corrected chi connectivity index (χ1v) is 10.8. The second-order valence-electron chi connectivity index (χ2n) is 8.53. The summed E-state index contributed by atoms with van der Waals surface area (Å²) in [6.07, 6.45) is 3.15. The van der Waals surface area contributed by atoms with Crippen LogP contribution in [-0.2, 0) is 21.5 Å². The third-order valence-electron chi connectivity index (χ3n) is 6.46. The number of pyridine rings is 1. The number of halogens is 1. The number of nitrogens with zero attached hydrogens (tertiary/aromatic N) is 4. The van der Waals surface area contributed by atoms with Gasteiger partial charge in [-0.1, -0.05) is 6.07 Å². The molecule has 1 fully saturated rings. The highest BCUT2D eigenvalue weighted by molar-refractivity contribution is 6.10. The van der Waals surface area contributed by atoms with Gasteiger partial charge in [0, 0.05) is 31.5 Å². The zero-order chi connectivity index (χ0) is 24.3. The van der Waals surface area contributed by atoms with Crippen molar-refractivity contribution in [1.82, 2.24) is 25.0 Å². The summed E-state index contributed by atoms with van der Waals surface area (Å²) >= 11 is 0. The number of imide groups is 1. The molecule has 4 aromatic rings. The van der Waals surface area contributed by atoms with Gasteiger partial charge in [-0.3, -0.25) is 19.7 Å². The molecule has 10 nitrogen and oxygen atoms in total. The maximum atomic E-state index is 14.8. The second kappa shape index (κ2) is 7.49. The molecule has 1 atom stereocenters. The van der Waals surface area contributed by atoms with Gasteiger partial charge in [0.05, 0.1) is 19.1 Å². The van der Waals surface area contributed by atoms with Crippen molar-refractivity contribution in [3.05, 3.63) is 71.5 Å². The lowest BCUT2D eigenvalue weighted by molar-refractivity contribution is -0.127. The van der Waals surface area contributed by atoms with Crippen LogP contribution in [0.15, 0.2) is 53.2 Å². The van der Waals surface area contributed by atoms with Gasteiger partial charge in [0.2, 0.25) is 11.8 Å². The topological polar surface area (TPSA) is 120 Å². The van der Waals surface area contributed by atoms with Gasteiger partial charge < -0.3 is 14.1 Å². The molecule has 1 N–H and O–H groups in total. The number of nitrogens with one attached hydrogen (secondary N) is 1. The van der Waals surface area contributed by atoms with Crippen LogP contribution >= 0.6 is 0 Å². The molecule has 1 aromatic carbocycles. The predicted molar refractivity (Wildman–Crippen MR) is 118 cm³/mol. The number of rotatable bonds is 5. The standard InChI is InChI=1S/C24H18FN5O5/c1-34-16-4-3-13-11-29(22(32)20(13)21(16)25)12-24(10-19(31)28-23(24)33)17-9-14-15(35-17)5-6-18(27-14)30-8-2-7-26-30/h2-9H,10-12H2,1H3,(H,28,31,33)/t24-/m1/s1. The average Bonchev–Trinajstić information content (AvgIpc) is 3.61. The maximum absolute atomic E-state index is 14.8. The number of aromatic nitrogens is 3. The molecule has 0 saturated carbocycles. The SMILES string of the molecule is COc1ccc2c(c1F)C(=O)N(C[C@@]1(c3cc4nc(-n5cccn5)ccc4o3)CC(=O)NC1=O)C2. The second-order valence-corrected chi connectivity index (χ2v) is 8.53. The lowest BCUT2D eigenvalue weighted by Gasteiger charge is -2.28. The van der Waals surface area contributed by atoms with Crippen molar-refractivity contribution >= 4 is 28.8 Å². The highest BCUT2D eigenvalue weighted by Crippen LogP contribution is 2.39. The molecule has 5 heterocycles. The van der Waals surface area contributed by atoms with Crippen LogP contribution in [0.1, 0.15) is 28.1 Å². The third kappa shape index (κ3) is 3.11. The van der Waals surface area contributed by atoms with Crippen LogP contribution in [0.2, 0.25) is 0 Å². The molecule has 0 aliphatic carbocycles. The van der Waals surface area contributed by atoms with Crippen molar-refractivity contribution < 1.29 is 27.9 Å². The van der Waals surface area contributed by atoms with Crippen molar-refractivity contribution in [1.29, 1.82) is 0 Å². The highest BCUT2D eigenvalue weighted by atomic mass is 19.1. The van der Waals surface area contributed by atoms with Crippen molar-refractivity contribution in [2.45, 2.75) is 18.4 Å². The van der Waals surface area contributed by atoms with E-state index >= 15 is 0 Å². The summed E-state index contributed by atoms with van der Waals surface area (Å²) in [4.78, 5) is 44.4. The number of hydrogen-bond donors (Lipinski definition) is 1. The van der Waals surface area contributed by atoms with E-state index in [1.165, 1.54) is 18.1 Å². The molecule has 0 radical (unpaired) electrons. The molecule has 35 heavy (non-hydrogen) atoms. The van der Waals surface area contributed by atoms with E-state index in [-0.39, 0.29) is 36.6 Å². The summed E-state index contributed by atoms with van der Waals surface area (Å²) < 4.78 is 27.4. The zero-order valence-electron chi connectivity index (χ0n) is 18.4. The number of ether oxygens (including phenoxy) is 1. The monoisotopic (exact) mass is 475 g/mol. The van der Waals surface area contributed by atoms with E-state index in [0.29, 0.717) is 22.5 Å². The summed E-state index contributed by atoms with van der Waals surface area (Å²) in [7, 11) is 1.32. The minimum Gasteiger partial charge on any atom is -0.494 e. The van der Waals surface area contributed by atoms with Crippen LogP contribution in [0.4, 0.5) is 4.39 Å². The maximum Gasteiger partial charge on any atom is 0.257 e. The first-order valence-electron chi connectivity index (χ1n) is 10.8. The minimum atomic E-state index is -1.48. The first kappa shape index (κ1) is 21.0. The molecule has 0 spiro atoms. The Hall–Kier alpha value is -4.54. The Balaban J connectivity index is 1.40. The highest BCUT2D eigenvalue weighted by Gasteiger charge is 2.53. The summed E-state index contributed by atoms with van der Waals surface area (Å²) in [6.45, 7) is -0.0914. The molecule has 0 bridgehead atoms. The Labute approximate surface area is 197 Å². The normalized spacial score (nSPS) is 19.5. The largest absolute Gasteiger partial charge is 0.494 e. The number of fused-ring (bicyclic) bond motifs is 2. The molecule has 6 rings (SSSR count). The molecule has 0 unspecified atom stereocenters. The summed E-state index contributed by atoms with van der Waals surface area (Å²) in [5.74, 6) is -1.71. The number of benzene rings is 1. The van der Waals surface area contributed by atoms with E-state index < -0.39 is 29.0 Å². The molecule has 3 amide bonds. The van der Waals surface area contributed by atoms with E-state index in [1.54, 1.807) is 47.4 Å². The van der Waals surface area contributed by atoms with Gasteiger partial charge in [-0.2, -0.15) is 5.10 Å². The van der Waals surface area contributed by atoms with Gasteiger partial charge in [-0.25, -0.2) is 14.1 Å². The van der Waals surface area contributed by atoms with Crippen LogP contribution in [-0.4, -0.2) is 51.0 Å². The number of hydrogen-bond acceptors (Lipinski definition) is 7. The molecule has 11 heteroatoms. The average molecular weight is 475 g/mol. The summed E-state index contributed by atoms with van der Waals surface area (Å²) in [5, 5.41) is 6.48. The van der Waals surface area contributed by atoms with E-state index in [1.807, 2.05) is 0 Å². The van der Waals surface area contributed by atoms with E-state index in [2.05, 4.69) is 15.4 Å². The zero-order valence-corrected chi connectivity index (χ0v) is 18.4. The number of carbonyl (C=O) groups excluding carboxylic acids is 3. The molecular weight excluding hydrogens is 457 g/mol. The number of methoxy groups -OCH3 is 1. The van der Waals surface area contributed by atoms with Crippen LogP contribution in [0.3, 0.4) is 0 Å². The van der Waals surface area contributed by atoms with E-state index in [0.717, 1.165) is 0 Å². The fourth-order valence-corrected chi connectivity index (χ4v) is 4.74. The third-order valence-corrected chi connectivity index (χ3v) is 6.46. The van der Waals surface area contributed by atoms with Gasteiger partial charge >= 0.3 is 0 Å². The Morgan fingerprint density at radius 3 is 2.80 bits per heavy atom. The van der Waals surface area contributed by atoms with Gasteiger partial charge in [0.25, 0.3) is 5.91 Å². The van der Waals surface area contributed by atoms with Gasteiger partial charge in [-0.15, -0.1) is 0 Å². The smallest absolute Gasteiger partial charge is 0.257 e. The lowest BCUT2D eigenvalue weighted by Crippen LogP contribution is -2.46. The number of carbonyl (C=O) groups is 3. The van der Waals surface area contributed by atoms with Crippen molar-refractivity contribution in [3.8, 4) is 11.6 Å². The molecule has 2 aliphatic rings. The Morgan fingerprint density at radius 1 is 1.23 bits per heavy atom. The summed E-state index contributed by atoms with van der Waals surface area (Å²) in [5.41, 5.74) is -0.231. The lowest BCUT2D eigenvalue weighted by atomic mass is 9.82. The minimum absolute atomic E-state index is 0.0428. The van der Waals surface area contributed by atoms with Gasteiger partial charge in [0.1, 0.15) is 16.7 Å². The van der Waals surface area contributed by atoms with Crippen LogP contribution in [0.25, 0.3) is 16.9 Å². The summed E-state index contributed by atoms with van der Waals surface area (Å²) in [6, 6.07) is 9.84. The fourth-order valence-electron chi connectivity index (χ4n) is 4.74.